The highest BCUT2D eigenvalue weighted by atomic mass is 16.4. The number of benzene rings is 1. The summed E-state index contributed by atoms with van der Waals surface area (Å²) in [6, 6.07) is 5.80. The number of hydrogen-bond donors (Lipinski definition) is 2. The van der Waals surface area contributed by atoms with E-state index in [0.29, 0.717) is 5.69 Å². The zero-order valence-electron chi connectivity index (χ0n) is 10.3. The van der Waals surface area contributed by atoms with Crippen LogP contribution < -0.4 is 4.90 Å². The first-order valence-corrected chi connectivity index (χ1v) is 5.37. The summed E-state index contributed by atoms with van der Waals surface area (Å²) in [6.45, 7) is 3.09. The maximum absolute atomic E-state index is 11.9. The predicted molar refractivity (Wildman–Crippen MR) is 67.5 cm³/mol. The number of carbonyl (C=O) groups excluding carboxylic acids is 1. The summed E-state index contributed by atoms with van der Waals surface area (Å²) in [4.78, 5) is 23.8. The molecule has 1 amide bonds. The summed E-state index contributed by atoms with van der Waals surface area (Å²) in [5.74, 6) is -1.44. The number of amides is 1. The molecule has 0 bridgehead atoms. The van der Waals surface area contributed by atoms with Gasteiger partial charge in [-0.2, -0.15) is 0 Å². The number of rotatable bonds is 4. The molecule has 0 spiro atoms. The van der Waals surface area contributed by atoms with Crippen molar-refractivity contribution in [3.8, 4) is 5.75 Å². The topological polar surface area (TPSA) is 77.8 Å². The molecule has 5 heteroatoms. The van der Waals surface area contributed by atoms with Crippen LogP contribution in [0.1, 0.15) is 13.8 Å². The van der Waals surface area contributed by atoms with Gasteiger partial charge in [0.15, 0.2) is 0 Å². The van der Waals surface area contributed by atoms with Crippen LogP contribution >= 0.6 is 0 Å². The van der Waals surface area contributed by atoms with Gasteiger partial charge in [0.2, 0.25) is 0 Å². The van der Waals surface area contributed by atoms with Crippen molar-refractivity contribution in [2.45, 2.75) is 13.8 Å². The molecule has 0 heterocycles. The zero-order chi connectivity index (χ0) is 13.7. The second-order valence-electron chi connectivity index (χ2n) is 4.06. The number of aromatic hydroxyl groups is 1. The zero-order valence-corrected chi connectivity index (χ0v) is 10.3. The van der Waals surface area contributed by atoms with Crippen LogP contribution in [-0.2, 0) is 9.59 Å². The van der Waals surface area contributed by atoms with Crippen molar-refractivity contribution in [2.75, 3.05) is 11.4 Å². The van der Waals surface area contributed by atoms with E-state index in [0.717, 1.165) is 10.5 Å². The van der Waals surface area contributed by atoms with E-state index in [1.165, 1.54) is 30.3 Å². The van der Waals surface area contributed by atoms with Crippen LogP contribution in [0.4, 0.5) is 5.69 Å². The molecule has 0 aliphatic heterocycles. The average molecular weight is 249 g/mol. The van der Waals surface area contributed by atoms with Crippen molar-refractivity contribution >= 4 is 17.6 Å². The number of aliphatic carboxylic acids is 1. The molecule has 2 N–H and O–H groups in total. The lowest BCUT2D eigenvalue weighted by molar-refractivity contribution is -0.136. The third kappa shape index (κ3) is 3.93. The Kier molecular flexibility index (Phi) is 4.48. The Balaban J connectivity index is 3.05. The number of carbonyl (C=O) groups is 2. The lowest BCUT2D eigenvalue weighted by atomic mass is 10.2. The summed E-state index contributed by atoms with van der Waals surface area (Å²) in [7, 11) is 0. The Bertz CT molecular complexity index is 472. The lowest BCUT2D eigenvalue weighted by Crippen LogP contribution is -2.34. The number of carboxylic acids is 1. The van der Waals surface area contributed by atoms with Crippen molar-refractivity contribution < 1.29 is 19.8 Å². The number of anilines is 1. The maximum Gasteiger partial charge on any atom is 0.323 e. The number of carboxylic acid groups (broad SMARTS) is 1. The van der Waals surface area contributed by atoms with E-state index in [-0.39, 0.29) is 5.75 Å². The Labute approximate surface area is 105 Å². The Morgan fingerprint density at radius 2 is 1.78 bits per heavy atom. The normalized spacial score (nSPS) is 9.67. The fraction of sp³-hybridized carbons (Fsp3) is 0.231. The van der Waals surface area contributed by atoms with Gasteiger partial charge in [0.25, 0.3) is 5.91 Å². The third-order valence-corrected chi connectivity index (χ3v) is 2.13. The van der Waals surface area contributed by atoms with E-state index in [9.17, 15) is 14.7 Å². The van der Waals surface area contributed by atoms with Crippen LogP contribution in [-0.4, -0.2) is 28.6 Å². The molecular weight excluding hydrogens is 234 g/mol. The molecule has 0 aromatic heterocycles. The first kappa shape index (κ1) is 13.8. The van der Waals surface area contributed by atoms with Crippen LogP contribution in [0, 0.1) is 0 Å². The van der Waals surface area contributed by atoms with Crippen molar-refractivity contribution in [1.82, 2.24) is 0 Å². The SMILES string of the molecule is CC(C)=CC(=O)N(CC(=O)O)c1ccc(O)cc1. The predicted octanol–water partition coefficient (Wildman–Crippen LogP) is 1.78. The van der Waals surface area contributed by atoms with Crippen LogP contribution in [0.5, 0.6) is 5.75 Å². The number of nitrogens with zero attached hydrogens (tertiary/aromatic N) is 1. The molecule has 96 valence electrons. The number of phenols is 1. The van der Waals surface area contributed by atoms with Crippen LogP contribution in [0.2, 0.25) is 0 Å². The van der Waals surface area contributed by atoms with E-state index in [2.05, 4.69) is 0 Å². The fourth-order valence-electron chi connectivity index (χ4n) is 1.39. The van der Waals surface area contributed by atoms with Gasteiger partial charge in [0, 0.05) is 11.8 Å². The van der Waals surface area contributed by atoms with Gasteiger partial charge in [-0.05, 0) is 38.1 Å². The molecule has 1 aromatic carbocycles. The van der Waals surface area contributed by atoms with Crippen LogP contribution in [0.3, 0.4) is 0 Å². The third-order valence-electron chi connectivity index (χ3n) is 2.13. The largest absolute Gasteiger partial charge is 0.508 e. The highest BCUT2D eigenvalue weighted by Gasteiger charge is 2.16. The number of phenolic OH excluding ortho intramolecular Hbond substituents is 1. The summed E-state index contributed by atoms with van der Waals surface area (Å²) in [5, 5.41) is 18.0. The molecule has 0 saturated heterocycles. The standard InChI is InChI=1S/C13H15NO4/c1-9(2)7-12(16)14(8-13(17)18)10-3-5-11(15)6-4-10/h3-7,15H,8H2,1-2H3,(H,17,18). The van der Waals surface area contributed by atoms with Gasteiger partial charge in [-0.3, -0.25) is 14.5 Å². The van der Waals surface area contributed by atoms with Gasteiger partial charge in [-0.1, -0.05) is 5.57 Å². The minimum atomic E-state index is -1.10. The van der Waals surface area contributed by atoms with E-state index in [1.54, 1.807) is 13.8 Å². The molecule has 0 aliphatic rings. The van der Waals surface area contributed by atoms with Crippen molar-refractivity contribution in [2.24, 2.45) is 0 Å². The van der Waals surface area contributed by atoms with E-state index < -0.39 is 18.4 Å². The second-order valence-corrected chi connectivity index (χ2v) is 4.06. The van der Waals surface area contributed by atoms with E-state index >= 15 is 0 Å². The smallest absolute Gasteiger partial charge is 0.323 e. The quantitative estimate of drug-likeness (QED) is 0.797. The Morgan fingerprint density at radius 1 is 1.22 bits per heavy atom. The molecule has 0 fully saturated rings. The Morgan fingerprint density at radius 3 is 2.22 bits per heavy atom. The van der Waals surface area contributed by atoms with E-state index in [4.69, 9.17) is 5.11 Å². The molecule has 0 radical (unpaired) electrons. The molecule has 0 saturated carbocycles. The molecule has 0 atom stereocenters. The first-order valence-electron chi connectivity index (χ1n) is 5.37. The fourth-order valence-corrected chi connectivity index (χ4v) is 1.39. The number of hydrogen-bond acceptors (Lipinski definition) is 3. The second kappa shape index (κ2) is 5.86. The minimum absolute atomic E-state index is 0.0590. The first-order chi connectivity index (χ1) is 8.40. The monoisotopic (exact) mass is 249 g/mol. The minimum Gasteiger partial charge on any atom is -0.508 e. The lowest BCUT2D eigenvalue weighted by Gasteiger charge is -2.19. The Hall–Kier alpha value is -2.30. The molecule has 1 aromatic rings. The molecule has 18 heavy (non-hydrogen) atoms. The van der Waals surface area contributed by atoms with Gasteiger partial charge in [0.1, 0.15) is 12.3 Å². The maximum atomic E-state index is 11.9. The van der Waals surface area contributed by atoms with E-state index in [1.807, 2.05) is 0 Å². The highest BCUT2D eigenvalue weighted by molar-refractivity contribution is 6.04. The van der Waals surface area contributed by atoms with Crippen LogP contribution in [0.25, 0.3) is 0 Å². The average Bonchev–Trinajstić information content (AvgIpc) is 2.26. The van der Waals surface area contributed by atoms with Crippen LogP contribution in [0.15, 0.2) is 35.9 Å². The summed E-state index contributed by atoms with van der Waals surface area (Å²) in [5.41, 5.74) is 1.21. The summed E-state index contributed by atoms with van der Waals surface area (Å²) < 4.78 is 0. The van der Waals surface area contributed by atoms with Gasteiger partial charge in [-0.15, -0.1) is 0 Å². The molecule has 0 aliphatic carbocycles. The van der Waals surface area contributed by atoms with Gasteiger partial charge in [0.05, 0.1) is 0 Å². The van der Waals surface area contributed by atoms with Gasteiger partial charge >= 0.3 is 5.97 Å². The van der Waals surface area contributed by atoms with Crippen molar-refractivity contribution in [3.05, 3.63) is 35.9 Å². The number of allylic oxidation sites excluding steroid dienone is 1. The molecule has 1 rings (SSSR count). The molecular formula is C13H15NO4. The van der Waals surface area contributed by atoms with Gasteiger partial charge < -0.3 is 10.2 Å². The molecule has 5 nitrogen and oxygen atoms in total. The van der Waals surface area contributed by atoms with Gasteiger partial charge in [-0.25, -0.2) is 0 Å². The summed E-state index contributed by atoms with van der Waals surface area (Å²) >= 11 is 0. The highest BCUT2D eigenvalue weighted by Crippen LogP contribution is 2.19. The summed E-state index contributed by atoms with van der Waals surface area (Å²) in [6.07, 6.45) is 1.37. The molecule has 0 unspecified atom stereocenters. The van der Waals surface area contributed by atoms with Crippen molar-refractivity contribution in [1.29, 1.82) is 0 Å². The van der Waals surface area contributed by atoms with Crippen molar-refractivity contribution in [3.63, 3.8) is 0 Å².